The van der Waals surface area contributed by atoms with Crippen molar-refractivity contribution in [1.82, 2.24) is 4.90 Å². The zero-order chi connectivity index (χ0) is 16.9. The maximum Gasteiger partial charge on any atom is 0.223 e. The Hall–Kier alpha value is -2.43. The Balaban J connectivity index is 1.54. The fraction of sp³-hybridized carbons (Fsp3) is 0.316. The van der Waals surface area contributed by atoms with Crippen molar-refractivity contribution in [2.45, 2.75) is 12.8 Å². The van der Waals surface area contributed by atoms with Crippen LogP contribution in [0.4, 0.5) is 14.5 Å². The standard InChI is InChI=1S/C19H20F2N2O/c20-16-7-4-8-17(21)19(16)23-13-11-22(12-14-23)18(24)10-9-15-5-2-1-3-6-15/h1-8H,9-14H2. The Kier molecular flexibility index (Phi) is 5.08. The summed E-state index contributed by atoms with van der Waals surface area (Å²) in [4.78, 5) is 15.8. The van der Waals surface area contributed by atoms with Crippen molar-refractivity contribution in [3.05, 3.63) is 65.7 Å². The van der Waals surface area contributed by atoms with Gasteiger partial charge >= 0.3 is 0 Å². The lowest BCUT2D eigenvalue weighted by molar-refractivity contribution is -0.131. The number of halogens is 2. The molecule has 2 aromatic rings. The van der Waals surface area contributed by atoms with Crippen molar-refractivity contribution >= 4 is 11.6 Å². The molecule has 24 heavy (non-hydrogen) atoms. The fourth-order valence-corrected chi connectivity index (χ4v) is 3.02. The molecule has 0 aromatic heterocycles. The molecule has 2 aromatic carbocycles. The molecule has 0 aliphatic carbocycles. The number of benzene rings is 2. The molecule has 126 valence electrons. The summed E-state index contributed by atoms with van der Waals surface area (Å²) in [5, 5.41) is 0. The summed E-state index contributed by atoms with van der Waals surface area (Å²) in [7, 11) is 0. The number of hydrogen-bond acceptors (Lipinski definition) is 2. The monoisotopic (exact) mass is 330 g/mol. The normalized spacial score (nSPS) is 14.8. The minimum absolute atomic E-state index is 0.00823. The lowest BCUT2D eigenvalue weighted by atomic mass is 10.1. The van der Waals surface area contributed by atoms with Crippen LogP contribution in [0.5, 0.6) is 0 Å². The summed E-state index contributed by atoms with van der Waals surface area (Å²) in [6, 6.07) is 13.8. The molecule has 0 saturated carbocycles. The highest BCUT2D eigenvalue weighted by Crippen LogP contribution is 2.24. The third-order valence-corrected chi connectivity index (χ3v) is 4.36. The predicted molar refractivity (Wildman–Crippen MR) is 89.9 cm³/mol. The van der Waals surface area contributed by atoms with Gasteiger partial charge in [-0.1, -0.05) is 36.4 Å². The number of nitrogens with zero attached hydrogens (tertiary/aromatic N) is 2. The Bertz CT molecular complexity index is 678. The van der Waals surface area contributed by atoms with Crippen LogP contribution in [0, 0.1) is 11.6 Å². The van der Waals surface area contributed by atoms with E-state index in [0.717, 1.165) is 5.56 Å². The molecule has 1 amide bonds. The van der Waals surface area contributed by atoms with Crippen molar-refractivity contribution in [1.29, 1.82) is 0 Å². The van der Waals surface area contributed by atoms with Crippen molar-refractivity contribution in [3.63, 3.8) is 0 Å². The minimum atomic E-state index is -0.557. The van der Waals surface area contributed by atoms with E-state index in [4.69, 9.17) is 0 Å². The quantitative estimate of drug-likeness (QED) is 0.859. The number of carbonyl (C=O) groups excluding carboxylic acids is 1. The summed E-state index contributed by atoms with van der Waals surface area (Å²) in [6.07, 6.45) is 1.17. The number of rotatable bonds is 4. The first kappa shape index (κ1) is 16.4. The van der Waals surface area contributed by atoms with Gasteiger partial charge in [0.05, 0.1) is 0 Å². The Labute approximate surface area is 140 Å². The van der Waals surface area contributed by atoms with Crippen LogP contribution in [-0.2, 0) is 11.2 Å². The van der Waals surface area contributed by atoms with Gasteiger partial charge in [0.15, 0.2) is 0 Å². The van der Waals surface area contributed by atoms with Gasteiger partial charge in [-0.3, -0.25) is 4.79 Å². The highest BCUT2D eigenvalue weighted by molar-refractivity contribution is 5.76. The van der Waals surface area contributed by atoms with E-state index in [0.29, 0.717) is 39.0 Å². The van der Waals surface area contributed by atoms with Gasteiger partial charge in [-0.25, -0.2) is 8.78 Å². The first-order valence-corrected chi connectivity index (χ1v) is 8.16. The van der Waals surface area contributed by atoms with Crippen molar-refractivity contribution in [3.8, 4) is 0 Å². The number of piperazine rings is 1. The van der Waals surface area contributed by atoms with E-state index in [9.17, 15) is 13.6 Å². The molecule has 3 nitrogen and oxygen atoms in total. The molecule has 0 bridgehead atoms. The van der Waals surface area contributed by atoms with E-state index < -0.39 is 11.6 Å². The molecule has 1 aliphatic rings. The lowest BCUT2D eigenvalue weighted by Gasteiger charge is -2.36. The summed E-state index contributed by atoms with van der Waals surface area (Å²) in [5.41, 5.74) is 1.15. The van der Waals surface area contributed by atoms with Crippen molar-refractivity contribution < 1.29 is 13.6 Å². The second-order valence-corrected chi connectivity index (χ2v) is 5.92. The molecule has 5 heteroatoms. The van der Waals surface area contributed by atoms with Crippen molar-refractivity contribution in [2.75, 3.05) is 31.1 Å². The molecular weight excluding hydrogens is 310 g/mol. The van der Waals surface area contributed by atoms with Crippen LogP contribution in [-0.4, -0.2) is 37.0 Å². The average Bonchev–Trinajstić information content (AvgIpc) is 2.61. The Morgan fingerprint density at radius 2 is 1.50 bits per heavy atom. The number of carbonyl (C=O) groups is 1. The zero-order valence-corrected chi connectivity index (χ0v) is 13.4. The average molecular weight is 330 g/mol. The molecule has 3 rings (SSSR count). The summed E-state index contributed by atoms with van der Waals surface area (Å²) < 4.78 is 27.7. The van der Waals surface area contributed by atoms with Crippen LogP contribution in [0.25, 0.3) is 0 Å². The van der Waals surface area contributed by atoms with Gasteiger partial charge in [0.2, 0.25) is 5.91 Å². The second kappa shape index (κ2) is 7.43. The minimum Gasteiger partial charge on any atom is -0.363 e. The van der Waals surface area contributed by atoms with Gasteiger partial charge in [0.25, 0.3) is 0 Å². The smallest absolute Gasteiger partial charge is 0.223 e. The number of aryl methyl sites for hydroxylation is 1. The van der Waals surface area contributed by atoms with E-state index in [1.165, 1.54) is 18.2 Å². The van der Waals surface area contributed by atoms with Gasteiger partial charge in [-0.2, -0.15) is 0 Å². The number of anilines is 1. The van der Waals surface area contributed by atoms with E-state index in [1.54, 1.807) is 9.80 Å². The van der Waals surface area contributed by atoms with E-state index in [-0.39, 0.29) is 11.6 Å². The maximum atomic E-state index is 13.8. The second-order valence-electron chi connectivity index (χ2n) is 5.92. The summed E-state index contributed by atoms with van der Waals surface area (Å²) in [5.74, 6) is -1.02. The van der Waals surface area contributed by atoms with Gasteiger partial charge in [0.1, 0.15) is 17.3 Å². The molecule has 0 N–H and O–H groups in total. The first-order chi connectivity index (χ1) is 11.6. The number of para-hydroxylation sites is 1. The van der Waals surface area contributed by atoms with Gasteiger partial charge in [0, 0.05) is 32.6 Å². The van der Waals surface area contributed by atoms with Crippen LogP contribution in [0.2, 0.25) is 0 Å². The predicted octanol–water partition coefficient (Wildman–Crippen LogP) is 3.25. The zero-order valence-electron chi connectivity index (χ0n) is 13.4. The van der Waals surface area contributed by atoms with E-state index in [2.05, 4.69) is 0 Å². The molecule has 0 radical (unpaired) electrons. The van der Waals surface area contributed by atoms with E-state index >= 15 is 0 Å². The van der Waals surface area contributed by atoms with Gasteiger partial charge in [-0.15, -0.1) is 0 Å². The third-order valence-electron chi connectivity index (χ3n) is 4.36. The summed E-state index contributed by atoms with van der Waals surface area (Å²) >= 11 is 0. The molecule has 0 atom stereocenters. The maximum absolute atomic E-state index is 13.8. The molecular formula is C19H20F2N2O. The third kappa shape index (κ3) is 3.72. The fourth-order valence-electron chi connectivity index (χ4n) is 3.02. The molecule has 0 spiro atoms. The molecule has 1 saturated heterocycles. The summed E-state index contributed by atoms with van der Waals surface area (Å²) in [6.45, 7) is 1.85. The molecule has 0 unspecified atom stereocenters. The lowest BCUT2D eigenvalue weighted by Crippen LogP contribution is -2.49. The number of hydrogen-bond donors (Lipinski definition) is 0. The van der Waals surface area contributed by atoms with Crippen LogP contribution >= 0.6 is 0 Å². The van der Waals surface area contributed by atoms with Crippen LogP contribution in [0.3, 0.4) is 0 Å². The molecule has 1 fully saturated rings. The highest BCUT2D eigenvalue weighted by atomic mass is 19.1. The highest BCUT2D eigenvalue weighted by Gasteiger charge is 2.24. The topological polar surface area (TPSA) is 23.6 Å². The van der Waals surface area contributed by atoms with Crippen LogP contribution in [0.15, 0.2) is 48.5 Å². The Morgan fingerprint density at radius 1 is 0.875 bits per heavy atom. The number of amides is 1. The SMILES string of the molecule is O=C(CCc1ccccc1)N1CCN(c2c(F)cccc2F)CC1. The van der Waals surface area contributed by atoms with Gasteiger partial charge < -0.3 is 9.80 Å². The Morgan fingerprint density at radius 3 is 2.12 bits per heavy atom. The van der Waals surface area contributed by atoms with E-state index in [1.807, 2.05) is 30.3 Å². The molecule has 1 heterocycles. The first-order valence-electron chi connectivity index (χ1n) is 8.16. The van der Waals surface area contributed by atoms with Crippen molar-refractivity contribution in [2.24, 2.45) is 0 Å². The van der Waals surface area contributed by atoms with Crippen LogP contribution < -0.4 is 4.90 Å². The molecule has 1 aliphatic heterocycles. The van der Waals surface area contributed by atoms with Gasteiger partial charge in [-0.05, 0) is 24.1 Å². The largest absolute Gasteiger partial charge is 0.363 e. The van der Waals surface area contributed by atoms with Crippen LogP contribution in [0.1, 0.15) is 12.0 Å².